The molecule has 0 aromatic rings. The standard InChI is InChI=1S/C6H9Cl2F2NO/c7-1-5(8)2-11-3-6(9,10)4-12/h1,11-12H,2-4H2. The highest BCUT2D eigenvalue weighted by Crippen LogP contribution is 2.10. The summed E-state index contributed by atoms with van der Waals surface area (Å²) in [5.41, 5.74) is 1.09. The molecule has 0 atom stereocenters. The Morgan fingerprint density at radius 2 is 2.17 bits per heavy atom. The lowest BCUT2D eigenvalue weighted by Crippen LogP contribution is -2.36. The van der Waals surface area contributed by atoms with Crippen LogP contribution in [-0.4, -0.2) is 30.7 Å². The largest absolute Gasteiger partial charge is 0.390 e. The van der Waals surface area contributed by atoms with Gasteiger partial charge in [-0.3, -0.25) is 0 Å². The molecule has 0 aliphatic heterocycles. The highest BCUT2D eigenvalue weighted by molar-refractivity contribution is 6.36. The van der Waals surface area contributed by atoms with E-state index < -0.39 is 19.1 Å². The van der Waals surface area contributed by atoms with E-state index in [-0.39, 0.29) is 11.6 Å². The van der Waals surface area contributed by atoms with E-state index in [0.29, 0.717) is 0 Å². The average Bonchev–Trinajstić information content (AvgIpc) is 2.04. The number of nitrogens with one attached hydrogen (secondary N) is 1. The minimum atomic E-state index is -3.11. The monoisotopic (exact) mass is 219 g/mol. The summed E-state index contributed by atoms with van der Waals surface area (Å²) < 4.78 is 24.6. The average molecular weight is 220 g/mol. The van der Waals surface area contributed by atoms with E-state index in [0.717, 1.165) is 5.54 Å². The van der Waals surface area contributed by atoms with E-state index in [2.05, 4.69) is 5.32 Å². The minimum absolute atomic E-state index is 0.0701. The Hall–Kier alpha value is 0.1000. The van der Waals surface area contributed by atoms with Gasteiger partial charge in [0.25, 0.3) is 5.92 Å². The molecule has 6 heteroatoms. The quantitative estimate of drug-likeness (QED) is 0.736. The lowest BCUT2D eigenvalue weighted by Gasteiger charge is -2.13. The van der Waals surface area contributed by atoms with Gasteiger partial charge in [-0.2, -0.15) is 0 Å². The van der Waals surface area contributed by atoms with E-state index in [1.807, 2.05) is 0 Å². The molecule has 72 valence electrons. The number of aliphatic hydroxyl groups is 1. The van der Waals surface area contributed by atoms with Crippen molar-refractivity contribution in [2.45, 2.75) is 5.92 Å². The molecule has 0 aromatic heterocycles. The first-order chi connectivity index (χ1) is 5.52. The molecule has 0 radical (unpaired) electrons. The lowest BCUT2D eigenvalue weighted by atomic mass is 10.3. The van der Waals surface area contributed by atoms with Crippen LogP contribution in [0.5, 0.6) is 0 Å². The van der Waals surface area contributed by atoms with Gasteiger partial charge in [0.2, 0.25) is 0 Å². The molecule has 0 saturated heterocycles. The SMILES string of the molecule is OCC(F)(F)CNCC(Cl)=CCl. The van der Waals surface area contributed by atoms with Gasteiger partial charge in [-0.05, 0) is 0 Å². The zero-order valence-corrected chi connectivity index (χ0v) is 7.67. The van der Waals surface area contributed by atoms with E-state index in [9.17, 15) is 8.78 Å². The highest BCUT2D eigenvalue weighted by atomic mass is 35.5. The molecule has 2 nitrogen and oxygen atoms in total. The molecule has 2 N–H and O–H groups in total. The summed E-state index contributed by atoms with van der Waals surface area (Å²) in [6.07, 6.45) is 0. The summed E-state index contributed by atoms with van der Waals surface area (Å²) in [5.74, 6) is -3.11. The maximum absolute atomic E-state index is 12.3. The van der Waals surface area contributed by atoms with Gasteiger partial charge in [0.1, 0.15) is 6.61 Å². The fourth-order valence-electron chi connectivity index (χ4n) is 0.459. The Balaban J connectivity index is 3.56. The molecule has 0 spiro atoms. The van der Waals surface area contributed by atoms with Gasteiger partial charge in [-0.1, -0.05) is 23.2 Å². The van der Waals surface area contributed by atoms with E-state index in [4.69, 9.17) is 28.3 Å². The maximum Gasteiger partial charge on any atom is 0.282 e. The molecular formula is C6H9Cl2F2NO. The van der Waals surface area contributed by atoms with Crippen molar-refractivity contribution in [3.05, 3.63) is 10.6 Å². The van der Waals surface area contributed by atoms with Crippen molar-refractivity contribution < 1.29 is 13.9 Å². The van der Waals surface area contributed by atoms with Crippen LogP contribution in [0, 0.1) is 0 Å². The van der Waals surface area contributed by atoms with Gasteiger partial charge in [0.15, 0.2) is 0 Å². The molecule has 0 heterocycles. The number of hydrogen-bond acceptors (Lipinski definition) is 2. The van der Waals surface area contributed by atoms with Crippen molar-refractivity contribution in [3.8, 4) is 0 Å². The first-order valence-corrected chi connectivity index (χ1v) is 3.97. The fraction of sp³-hybridized carbons (Fsp3) is 0.667. The number of halogens is 4. The normalized spacial score (nSPS) is 13.6. The molecule has 0 aromatic carbocycles. The third-order valence-electron chi connectivity index (χ3n) is 1.03. The van der Waals surface area contributed by atoms with Gasteiger partial charge < -0.3 is 10.4 Å². The molecule has 12 heavy (non-hydrogen) atoms. The van der Waals surface area contributed by atoms with Gasteiger partial charge in [-0.15, -0.1) is 0 Å². The van der Waals surface area contributed by atoms with Crippen LogP contribution in [0.1, 0.15) is 0 Å². The smallest absolute Gasteiger partial charge is 0.282 e. The van der Waals surface area contributed by atoms with Gasteiger partial charge >= 0.3 is 0 Å². The van der Waals surface area contributed by atoms with Crippen molar-refractivity contribution in [3.63, 3.8) is 0 Å². The lowest BCUT2D eigenvalue weighted by molar-refractivity contribution is -0.0469. The molecule has 0 aliphatic carbocycles. The van der Waals surface area contributed by atoms with Crippen LogP contribution in [0.4, 0.5) is 8.78 Å². The van der Waals surface area contributed by atoms with E-state index >= 15 is 0 Å². The Bertz CT molecular complexity index is 164. The molecule has 0 bridgehead atoms. The molecule has 0 rings (SSSR count). The van der Waals surface area contributed by atoms with Gasteiger partial charge in [0, 0.05) is 17.1 Å². The third kappa shape index (κ3) is 5.71. The molecule has 0 unspecified atom stereocenters. The van der Waals surface area contributed by atoms with Gasteiger partial charge in [-0.25, -0.2) is 8.78 Å². The molecule has 0 amide bonds. The van der Waals surface area contributed by atoms with Crippen molar-refractivity contribution in [1.29, 1.82) is 0 Å². The van der Waals surface area contributed by atoms with Crippen molar-refractivity contribution >= 4 is 23.2 Å². The number of rotatable bonds is 5. The first-order valence-electron chi connectivity index (χ1n) is 3.16. The van der Waals surface area contributed by atoms with Crippen molar-refractivity contribution in [1.82, 2.24) is 5.32 Å². The van der Waals surface area contributed by atoms with Crippen LogP contribution in [0.2, 0.25) is 0 Å². The number of aliphatic hydroxyl groups excluding tert-OH is 1. The first kappa shape index (κ1) is 12.1. The van der Waals surface area contributed by atoms with E-state index in [1.165, 1.54) is 0 Å². The third-order valence-corrected chi connectivity index (χ3v) is 1.65. The summed E-state index contributed by atoms with van der Waals surface area (Å²) >= 11 is 10.6. The summed E-state index contributed by atoms with van der Waals surface area (Å²) in [4.78, 5) is 0. The Kier molecular flexibility index (Phi) is 5.74. The van der Waals surface area contributed by atoms with Crippen LogP contribution in [0.15, 0.2) is 10.6 Å². The fourth-order valence-corrected chi connectivity index (χ4v) is 0.631. The molecule has 0 aliphatic rings. The van der Waals surface area contributed by atoms with Crippen LogP contribution in [0.25, 0.3) is 0 Å². The molecule has 0 saturated carbocycles. The van der Waals surface area contributed by atoms with E-state index in [1.54, 1.807) is 0 Å². The summed E-state index contributed by atoms with van der Waals surface area (Å²) in [6, 6.07) is 0. The van der Waals surface area contributed by atoms with Gasteiger partial charge in [0.05, 0.1) is 6.54 Å². The van der Waals surface area contributed by atoms with Crippen LogP contribution >= 0.6 is 23.2 Å². The molecular weight excluding hydrogens is 211 g/mol. The highest BCUT2D eigenvalue weighted by Gasteiger charge is 2.26. The summed E-state index contributed by atoms with van der Waals surface area (Å²) in [5, 5.41) is 10.7. The zero-order valence-electron chi connectivity index (χ0n) is 6.16. The van der Waals surface area contributed by atoms with Crippen LogP contribution in [-0.2, 0) is 0 Å². The predicted molar refractivity (Wildman–Crippen MR) is 44.7 cm³/mol. The Morgan fingerprint density at radius 1 is 1.58 bits per heavy atom. The molecule has 0 fully saturated rings. The minimum Gasteiger partial charge on any atom is -0.390 e. The Labute approximate surface area is 79.2 Å². The second-order valence-electron chi connectivity index (χ2n) is 2.17. The summed E-state index contributed by atoms with van der Waals surface area (Å²) in [6.45, 7) is -1.73. The predicted octanol–water partition coefficient (Wildman–Crippen LogP) is 1.52. The Morgan fingerprint density at radius 3 is 2.58 bits per heavy atom. The van der Waals surface area contributed by atoms with Crippen molar-refractivity contribution in [2.24, 2.45) is 0 Å². The van der Waals surface area contributed by atoms with Crippen LogP contribution < -0.4 is 5.32 Å². The zero-order chi connectivity index (χ0) is 9.61. The second-order valence-corrected chi connectivity index (χ2v) is 2.88. The number of alkyl halides is 2. The summed E-state index contributed by atoms with van der Waals surface area (Å²) in [7, 11) is 0. The van der Waals surface area contributed by atoms with Crippen LogP contribution in [0.3, 0.4) is 0 Å². The maximum atomic E-state index is 12.3. The topological polar surface area (TPSA) is 32.3 Å². The van der Waals surface area contributed by atoms with Crippen molar-refractivity contribution in [2.75, 3.05) is 19.7 Å². The number of hydrogen-bond donors (Lipinski definition) is 2. The second kappa shape index (κ2) is 5.70.